The minimum atomic E-state index is -0.384. The van der Waals surface area contributed by atoms with Crippen LogP contribution in [0.2, 0.25) is 0 Å². The maximum absolute atomic E-state index is 10.9. The molecule has 1 aliphatic heterocycles. The first kappa shape index (κ1) is 18.3. The molecule has 1 atom stereocenters. The highest BCUT2D eigenvalue weighted by Crippen LogP contribution is 2.08. The molecule has 1 fully saturated rings. The molecular weight excluding hydrogens is 262 g/mol. The monoisotopic (exact) mass is 285 g/mol. The Morgan fingerprint density at radius 2 is 2.10 bits per heavy atom. The van der Waals surface area contributed by atoms with E-state index < -0.39 is 0 Å². The van der Waals surface area contributed by atoms with E-state index in [1.807, 2.05) is 6.92 Å². The molecule has 1 rings (SSSR count). The third-order valence-corrected chi connectivity index (χ3v) is 2.17. The number of nitrogens with one attached hydrogen (secondary N) is 1. The summed E-state index contributed by atoms with van der Waals surface area (Å²) < 4.78 is 14.2. The Morgan fingerprint density at radius 1 is 1.45 bits per heavy atom. The van der Waals surface area contributed by atoms with Gasteiger partial charge in [-0.2, -0.15) is 0 Å². The lowest BCUT2D eigenvalue weighted by Crippen LogP contribution is -2.17. The van der Waals surface area contributed by atoms with E-state index in [0.29, 0.717) is 25.2 Å². The van der Waals surface area contributed by atoms with Crippen molar-refractivity contribution >= 4 is 11.9 Å². The van der Waals surface area contributed by atoms with E-state index in [2.05, 4.69) is 23.2 Å². The van der Waals surface area contributed by atoms with Crippen LogP contribution in [0.25, 0.3) is 0 Å². The molecule has 0 aromatic carbocycles. The number of rotatable bonds is 8. The number of esters is 2. The quantitative estimate of drug-likeness (QED) is 0.312. The third-order valence-electron chi connectivity index (χ3n) is 2.17. The van der Waals surface area contributed by atoms with Crippen LogP contribution in [0.3, 0.4) is 0 Å². The number of epoxide rings is 1. The zero-order valence-corrected chi connectivity index (χ0v) is 12.1. The molecule has 1 saturated heterocycles. The molecule has 6 nitrogen and oxygen atoms in total. The van der Waals surface area contributed by atoms with Gasteiger partial charge in [-0.15, -0.1) is 0 Å². The molecule has 0 radical (unpaired) electrons. The van der Waals surface area contributed by atoms with Gasteiger partial charge in [0.1, 0.15) is 19.4 Å². The Balaban J connectivity index is 0.000000367. The lowest BCUT2D eigenvalue weighted by Gasteiger charge is -2.04. The summed E-state index contributed by atoms with van der Waals surface area (Å²) in [6.45, 7) is 10.2. The fraction of sp³-hybridized carbons (Fsp3) is 0.571. The standard InChI is InChI=1S/C8H15NO2.C6H8O3/c1-4-5-7(2)8(10)11-6-9-3;1-2-6(7)9-4-5-3-8-5/h9H,2,4-6H2,1,3H3;2,5H,1,3-4H2. The first-order valence-electron chi connectivity index (χ1n) is 6.45. The van der Waals surface area contributed by atoms with E-state index in [9.17, 15) is 9.59 Å². The van der Waals surface area contributed by atoms with E-state index in [-0.39, 0.29) is 24.8 Å². The number of carbonyl (C=O) groups is 2. The topological polar surface area (TPSA) is 77.2 Å². The Labute approximate surface area is 119 Å². The Hall–Kier alpha value is -1.66. The average Bonchev–Trinajstić information content (AvgIpc) is 3.27. The van der Waals surface area contributed by atoms with Gasteiger partial charge in [-0.25, -0.2) is 9.59 Å². The summed E-state index contributed by atoms with van der Waals surface area (Å²) in [6.07, 6.45) is 2.92. The van der Waals surface area contributed by atoms with Crippen LogP contribution in [-0.2, 0) is 23.8 Å². The van der Waals surface area contributed by atoms with Crippen LogP contribution in [0.15, 0.2) is 24.8 Å². The zero-order valence-electron chi connectivity index (χ0n) is 12.1. The highest BCUT2D eigenvalue weighted by Gasteiger charge is 2.23. The van der Waals surface area contributed by atoms with E-state index in [4.69, 9.17) is 9.47 Å². The molecule has 0 bridgehead atoms. The zero-order chi connectivity index (χ0) is 15.4. The molecule has 0 saturated carbocycles. The minimum Gasteiger partial charge on any atom is -0.460 e. The predicted molar refractivity (Wildman–Crippen MR) is 75.0 cm³/mol. The number of hydrogen-bond donors (Lipinski definition) is 1. The summed E-state index contributed by atoms with van der Waals surface area (Å²) in [5, 5.41) is 2.71. The van der Waals surface area contributed by atoms with Crippen LogP contribution in [0, 0.1) is 0 Å². The molecule has 0 aliphatic carbocycles. The van der Waals surface area contributed by atoms with Crippen molar-refractivity contribution in [2.45, 2.75) is 25.9 Å². The largest absolute Gasteiger partial charge is 0.460 e. The van der Waals surface area contributed by atoms with Crippen molar-refractivity contribution in [3.05, 3.63) is 24.8 Å². The van der Waals surface area contributed by atoms with Crippen LogP contribution in [0.1, 0.15) is 19.8 Å². The number of ether oxygens (including phenoxy) is 3. The SMILES string of the molecule is C=C(CCC)C(=O)OCNC.C=CC(=O)OCC1CO1. The molecule has 0 aromatic rings. The highest BCUT2D eigenvalue weighted by molar-refractivity contribution is 5.87. The molecule has 6 heteroatoms. The maximum atomic E-state index is 10.9. The van der Waals surface area contributed by atoms with Crippen molar-refractivity contribution in [1.82, 2.24) is 5.32 Å². The fourth-order valence-corrected chi connectivity index (χ4v) is 1.04. The van der Waals surface area contributed by atoms with Gasteiger partial charge in [-0.3, -0.25) is 5.32 Å². The molecule has 0 amide bonds. The van der Waals surface area contributed by atoms with Crippen LogP contribution < -0.4 is 5.32 Å². The third kappa shape index (κ3) is 10.3. The van der Waals surface area contributed by atoms with Gasteiger partial charge >= 0.3 is 11.9 Å². The van der Waals surface area contributed by atoms with Gasteiger partial charge in [-0.05, 0) is 13.5 Å². The summed E-state index contributed by atoms with van der Waals surface area (Å²) in [7, 11) is 1.72. The predicted octanol–water partition coefficient (Wildman–Crippen LogP) is 1.18. The highest BCUT2D eigenvalue weighted by atomic mass is 16.6. The molecule has 20 heavy (non-hydrogen) atoms. The smallest absolute Gasteiger partial charge is 0.334 e. The number of hydrogen-bond acceptors (Lipinski definition) is 6. The second kappa shape index (κ2) is 11.2. The summed E-state index contributed by atoms with van der Waals surface area (Å²) in [6, 6.07) is 0. The second-order valence-corrected chi connectivity index (χ2v) is 4.07. The van der Waals surface area contributed by atoms with E-state index in [1.165, 1.54) is 0 Å². The maximum Gasteiger partial charge on any atom is 0.334 e. The van der Waals surface area contributed by atoms with Gasteiger partial charge in [0.2, 0.25) is 0 Å². The average molecular weight is 285 g/mol. The first-order chi connectivity index (χ1) is 9.54. The van der Waals surface area contributed by atoms with Crippen molar-refractivity contribution < 1.29 is 23.8 Å². The van der Waals surface area contributed by atoms with Crippen LogP contribution in [0.5, 0.6) is 0 Å². The first-order valence-corrected chi connectivity index (χ1v) is 6.45. The van der Waals surface area contributed by atoms with Gasteiger partial charge < -0.3 is 14.2 Å². The van der Waals surface area contributed by atoms with Gasteiger partial charge in [0.05, 0.1) is 6.61 Å². The normalized spacial score (nSPS) is 15.4. The molecular formula is C14H23NO5. The van der Waals surface area contributed by atoms with Gasteiger partial charge in [0.15, 0.2) is 0 Å². The summed E-state index contributed by atoms with van der Waals surface area (Å²) in [5.41, 5.74) is 0.544. The Bertz CT molecular complexity index is 336. The van der Waals surface area contributed by atoms with Crippen molar-refractivity contribution in [2.75, 3.05) is 27.0 Å². The van der Waals surface area contributed by atoms with Crippen molar-refractivity contribution in [1.29, 1.82) is 0 Å². The van der Waals surface area contributed by atoms with Crippen molar-refractivity contribution in [3.63, 3.8) is 0 Å². The van der Waals surface area contributed by atoms with Gasteiger partial charge in [-0.1, -0.05) is 26.5 Å². The summed E-state index contributed by atoms with van der Waals surface area (Å²) >= 11 is 0. The molecule has 1 unspecified atom stereocenters. The molecule has 1 aliphatic rings. The summed E-state index contributed by atoms with van der Waals surface area (Å²) in [4.78, 5) is 21.3. The molecule has 0 aromatic heterocycles. The van der Waals surface area contributed by atoms with Crippen LogP contribution in [-0.4, -0.2) is 45.0 Å². The van der Waals surface area contributed by atoms with Crippen LogP contribution >= 0.6 is 0 Å². The molecule has 1 N–H and O–H groups in total. The van der Waals surface area contributed by atoms with Gasteiger partial charge in [0.25, 0.3) is 0 Å². The van der Waals surface area contributed by atoms with Crippen molar-refractivity contribution in [2.24, 2.45) is 0 Å². The lowest BCUT2D eigenvalue weighted by atomic mass is 10.2. The Morgan fingerprint density at radius 3 is 2.55 bits per heavy atom. The van der Waals surface area contributed by atoms with Gasteiger partial charge in [0, 0.05) is 11.6 Å². The fourth-order valence-electron chi connectivity index (χ4n) is 1.04. The molecule has 0 spiro atoms. The molecule has 114 valence electrons. The van der Waals surface area contributed by atoms with Crippen LogP contribution in [0.4, 0.5) is 0 Å². The van der Waals surface area contributed by atoms with E-state index >= 15 is 0 Å². The van der Waals surface area contributed by atoms with E-state index in [1.54, 1.807) is 7.05 Å². The Kier molecular flexibility index (Phi) is 10.3. The van der Waals surface area contributed by atoms with Crippen molar-refractivity contribution in [3.8, 4) is 0 Å². The molecule has 1 heterocycles. The summed E-state index contributed by atoms with van der Waals surface area (Å²) in [5.74, 6) is -0.688. The minimum absolute atomic E-state index is 0.147. The lowest BCUT2D eigenvalue weighted by molar-refractivity contribution is -0.140. The van der Waals surface area contributed by atoms with E-state index in [0.717, 1.165) is 12.5 Å². The second-order valence-electron chi connectivity index (χ2n) is 4.07. The number of carbonyl (C=O) groups excluding carboxylic acids is 2.